The quantitative estimate of drug-likeness (QED) is 0.589. The fourth-order valence-electron chi connectivity index (χ4n) is 1.68. The molecule has 2 aliphatic heterocycles. The van der Waals surface area contributed by atoms with E-state index in [4.69, 9.17) is 14.6 Å². The van der Waals surface area contributed by atoms with Crippen molar-refractivity contribution < 1.29 is 24.1 Å². The Morgan fingerprint density at radius 1 is 1.57 bits per heavy atom. The summed E-state index contributed by atoms with van der Waals surface area (Å²) in [6, 6.07) is -0.715. The molecule has 0 bridgehead atoms. The summed E-state index contributed by atoms with van der Waals surface area (Å²) in [5.74, 6) is 0.366. The molecule has 0 aliphatic carbocycles. The molecule has 1 saturated heterocycles. The Balaban J connectivity index is 2.14. The van der Waals surface area contributed by atoms with E-state index in [0.717, 1.165) is 0 Å². The zero-order valence-corrected chi connectivity index (χ0v) is 7.63. The van der Waals surface area contributed by atoms with Gasteiger partial charge in [0.15, 0.2) is 12.1 Å². The number of rotatable bonds is 1. The molecule has 2 rings (SSSR count). The number of hydrogen-bond acceptors (Lipinski definition) is 5. The second kappa shape index (κ2) is 3.45. The van der Waals surface area contributed by atoms with Crippen molar-refractivity contribution in [3.05, 3.63) is 0 Å². The van der Waals surface area contributed by atoms with Crippen LogP contribution in [0.25, 0.3) is 0 Å². The van der Waals surface area contributed by atoms with E-state index in [1.165, 1.54) is 0 Å². The number of aliphatic hydroxyl groups excluding tert-OH is 2. The van der Waals surface area contributed by atoms with E-state index in [1.807, 2.05) is 0 Å². The Hall–Kier alpha value is -0.720. The summed E-state index contributed by atoms with van der Waals surface area (Å²) in [7, 11) is 0. The van der Waals surface area contributed by atoms with Crippen molar-refractivity contribution >= 4 is 5.90 Å². The van der Waals surface area contributed by atoms with Gasteiger partial charge in [0.25, 0.3) is 0 Å². The predicted octanol–water partition coefficient (Wildman–Crippen LogP) is -0.780. The predicted molar refractivity (Wildman–Crippen MR) is 44.6 cm³/mol. The van der Waals surface area contributed by atoms with E-state index in [9.17, 15) is 9.50 Å². The van der Waals surface area contributed by atoms with Crippen LogP contribution in [0.15, 0.2) is 4.99 Å². The highest BCUT2D eigenvalue weighted by atomic mass is 19.1. The molecule has 2 N–H and O–H groups in total. The first-order valence-corrected chi connectivity index (χ1v) is 4.43. The molecule has 5 nitrogen and oxygen atoms in total. The fraction of sp³-hybridized carbons (Fsp3) is 0.875. The summed E-state index contributed by atoms with van der Waals surface area (Å²) in [4.78, 5) is 3.91. The molecule has 5 atom stereocenters. The lowest BCUT2D eigenvalue weighted by atomic mass is 9.99. The van der Waals surface area contributed by atoms with Crippen molar-refractivity contribution in [2.75, 3.05) is 6.61 Å². The van der Waals surface area contributed by atoms with Crippen molar-refractivity contribution in [2.24, 2.45) is 4.99 Å². The third kappa shape index (κ3) is 1.39. The van der Waals surface area contributed by atoms with Gasteiger partial charge in [0.05, 0.1) is 6.61 Å². The highest BCUT2D eigenvalue weighted by molar-refractivity contribution is 5.75. The minimum atomic E-state index is -1.63. The Kier molecular flexibility index (Phi) is 2.42. The van der Waals surface area contributed by atoms with Crippen LogP contribution in [0.3, 0.4) is 0 Å². The van der Waals surface area contributed by atoms with Crippen LogP contribution in [-0.2, 0) is 9.47 Å². The highest BCUT2D eigenvalue weighted by Gasteiger charge is 2.49. The maximum absolute atomic E-state index is 13.3. The van der Waals surface area contributed by atoms with Gasteiger partial charge in [0.2, 0.25) is 6.29 Å². The number of ether oxygens (including phenoxy) is 2. The lowest BCUT2D eigenvalue weighted by Crippen LogP contribution is -2.55. The Morgan fingerprint density at radius 2 is 2.29 bits per heavy atom. The van der Waals surface area contributed by atoms with Gasteiger partial charge in [0.1, 0.15) is 18.2 Å². The SMILES string of the molecule is CC1=NC2C(O1)OC(CO)C(F)C2O. The van der Waals surface area contributed by atoms with Gasteiger partial charge in [-0.05, 0) is 0 Å². The molecule has 0 radical (unpaired) electrons. The highest BCUT2D eigenvalue weighted by Crippen LogP contribution is 2.29. The normalized spacial score (nSPS) is 46.9. The van der Waals surface area contributed by atoms with Crippen LogP contribution in [0.2, 0.25) is 0 Å². The second-order valence-corrected chi connectivity index (χ2v) is 3.42. The van der Waals surface area contributed by atoms with Gasteiger partial charge in [-0.15, -0.1) is 0 Å². The van der Waals surface area contributed by atoms with E-state index in [-0.39, 0.29) is 0 Å². The summed E-state index contributed by atoms with van der Waals surface area (Å²) in [5.41, 5.74) is 0. The van der Waals surface area contributed by atoms with Crippen LogP contribution in [0, 0.1) is 0 Å². The van der Waals surface area contributed by atoms with Crippen molar-refractivity contribution in [3.8, 4) is 0 Å². The van der Waals surface area contributed by atoms with Gasteiger partial charge in [-0.25, -0.2) is 9.38 Å². The average Bonchev–Trinajstić information content (AvgIpc) is 2.52. The number of hydrogen-bond donors (Lipinski definition) is 2. The molecule has 1 fully saturated rings. The lowest BCUT2D eigenvalue weighted by Gasteiger charge is -2.35. The van der Waals surface area contributed by atoms with Gasteiger partial charge < -0.3 is 19.7 Å². The number of halogens is 1. The molecular formula is C8H12FNO4. The number of fused-ring (bicyclic) bond motifs is 1. The minimum absolute atomic E-state index is 0.366. The monoisotopic (exact) mass is 205 g/mol. The number of alkyl halides is 1. The summed E-state index contributed by atoms with van der Waals surface area (Å²) in [6.45, 7) is 1.12. The van der Waals surface area contributed by atoms with E-state index in [1.54, 1.807) is 6.92 Å². The van der Waals surface area contributed by atoms with Crippen molar-refractivity contribution in [2.45, 2.75) is 37.6 Å². The minimum Gasteiger partial charge on any atom is -0.450 e. The smallest absolute Gasteiger partial charge is 0.227 e. The van der Waals surface area contributed by atoms with E-state index in [2.05, 4.69) is 4.99 Å². The Bertz CT molecular complexity index is 260. The molecule has 0 aromatic carbocycles. The van der Waals surface area contributed by atoms with E-state index in [0.29, 0.717) is 5.90 Å². The first kappa shape index (κ1) is 9.82. The van der Waals surface area contributed by atoms with Crippen LogP contribution in [0.4, 0.5) is 4.39 Å². The van der Waals surface area contributed by atoms with E-state index < -0.39 is 37.3 Å². The largest absolute Gasteiger partial charge is 0.450 e. The lowest BCUT2D eigenvalue weighted by molar-refractivity contribution is -0.218. The summed E-state index contributed by atoms with van der Waals surface area (Å²) in [5, 5.41) is 18.3. The van der Waals surface area contributed by atoms with Crippen LogP contribution >= 0.6 is 0 Å². The molecule has 2 aliphatic rings. The van der Waals surface area contributed by atoms with Crippen LogP contribution in [-0.4, -0.2) is 53.4 Å². The molecular weight excluding hydrogens is 193 g/mol. The molecule has 14 heavy (non-hydrogen) atoms. The third-order valence-electron chi connectivity index (χ3n) is 2.42. The van der Waals surface area contributed by atoms with Crippen molar-refractivity contribution in [1.29, 1.82) is 0 Å². The molecule has 0 amide bonds. The topological polar surface area (TPSA) is 71.3 Å². The molecule has 0 saturated carbocycles. The number of aliphatic imine (C=N–C) groups is 1. The first-order chi connectivity index (χ1) is 6.63. The molecule has 6 heteroatoms. The zero-order valence-electron chi connectivity index (χ0n) is 7.63. The standard InChI is InChI=1S/C8H12FNO4/c1-3-10-6-7(12)5(9)4(2-11)14-8(6)13-3/h4-8,11-12H,2H2,1H3. The fourth-order valence-corrected chi connectivity index (χ4v) is 1.68. The van der Waals surface area contributed by atoms with Gasteiger partial charge in [-0.3, -0.25) is 0 Å². The Morgan fingerprint density at radius 3 is 2.93 bits per heavy atom. The summed E-state index contributed by atoms with van der Waals surface area (Å²) in [6.07, 6.45) is -4.70. The first-order valence-electron chi connectivity index (χ1n) is 4.43. The molecule has 0 aromatic heterocycles. The van der Waals surface area contributed by atoms with E-state index >= 15 is 0 Å². The van der Waals surface area contributed by atoms with Crippen LogP contribution in [0.5, 0.6) is 0 Å². The number of aliphatic hydroxyl groups is 2. The zero-order chi connectivity index (χ0) is 10.3. The summed E-state index contributed by atoms with van der Waals surface area (Å²) < 4.78 is 23.5. The average molecular weight is 205 g/mol. The molecule has 0 spiro atoms. The third-order valence-corrected chi connectivity index (χ3v) is 2.42. The van der Waals surface area contributed by atoms with Gasteiger partial charge in [0, 0.05) is 6.92 Å². The Labute approximate surface area is 80.2 Å². The molecule has 80 valence electrons. The van der Waals surface area contributed by atoms with Crippen molar-refractivity contribution in [1.82, 2.24) is 0 Å². The van der Waals surface area contributed by atoms with Crippen LogP contribution < -0.4 is 0 Å². The molecule has 2 heterocycles. The van der Waals surface area contributed by atoms with Crippen molar-refractivity contribution in [3.63, 3.8) is 0 Å². The molecule has 5 unspecified atom stereocenters. The van der Waals surface area contributed by atoms with Crippen LogP contribution in [0.1, 0.15) is 6.92 Å². The van der Waals surface area contributed by atoms with Gasteiger partial charge in [-0.1, -0.05) is 0 Å². The maximum Gasteiger partial charge on any atom is 0.227 e. The second-order valence-electron chi connectivity index (χ2n) is 3.42. The molecule has 0 aromatic rings. The number of nitrogens with zero attached hydrogens (tertiary/aromatic N) is 1. The van der Waals surface area contributed by atoms with Gasteiger partial charge in [-0.2, -0.15) is 0 Å². The summed E-state index contributed by atoms with van der Waals surface area (Å²) >= 11 is 0. The van der Waals surface area contributed by atoms with Gasteiger partial charge >= 0.3 is 0 Å². The maximum atomic E-state index is 13.3.